The molecule has 0 aromatic heterocycles. The van der Waals surface area contributed by atoms with Gasteiger partial charge in [-0.25, -0.2) is 9.59 Å². The van der Waals surface area contributed by atoms with Crippen molar-refractivity contribution in [3.8, 4) is 0 Å². The molecule has 2 aliphatic rings. The van der Waals surface area contributed by atoms with Crippen molar-refractivity contribution < 1.29 is 33.4 Å². The number of anilines is 1. The summed E-state index contributed by atoms with van der Waals surface area (Å²) >= 11 is 0. The van der Waals surface area contributed by atoms with Gasteiger partial charge in [-0.1, -0.05) is 32.9 Å². The van der Waals surface area contributed by atoms with Gasteiger partial charge in [0.05, 0.1) is 17.9 Å². The minimum atomic E-state index is -1.02. The number of imide groups is 1. The molecule has 0 bridgehead atoms. The quantitative estimate of drug-likeness (QED) is 0.459. The van der Waals surface area contributed by atoms with Crippen LogP contribution in [0.2, 0.25) is 0 Å². The van der Waals surface area contributed by atoms with Crippen LogP contribution in [-0.2, 0) is 23.9 Å². The highest BCUT2D eigenvalue weighted by atomic mass is 16.5. The molecule has 2 atom stereocenters. The monoisotopic (exact) mass is 473 g/mol. The van der Waals surface area contributed by atoms with E-state index in [1.54, 1.807) is 19.1 Å². The lowest BCUT2D eigenvalue weighted by Crippen LogP contribution is -2.54. The SMILES string of the molecule is CCOC(=O)c1ccccc1NC(=O)COC(=O)CN1C(=O)NC2(CC(C)CC(C)(C)C2)C1=O. The molecule has 1 aliphatic carbocycles. The van der Waals surface area contributed by atoms with Crippen molar-refractivity contribution in [1.82, 2.24) is 10.2 Å². The molecule has 1 saturated heterocycles. The van der Waals surface area contributed by atoms with E-state index < -0.39 is 48.5 Å². The standard InChI is InChI=1S/C24H31N3O7/c1-5-33-20(30)16-8-6-7-9-17(16)25-18(28)13-34-19(29)12-27-21(31)24(26-22(27)32)11-15(2)10-23(3,4)14-24/h6-9,15H,5,10-14H2,1-4H3,(H,25,28)(H,26,32). The van der Waals surface area contributed by atoms with E-state index in [0.717, 1.165) is 11.3 Å². The smallest absolute Gasteiger partial charge is 0.340 e. The van der Waals surface area contributed by atoms with Crippen molar-refractivity contribution in [2.75, 3.05) is 25.1 Å². The first-order chi connectivity index (χ1) is 16.0. The fourth-order valence-corrected chi connectivity index (χ4v) is 5.14. The zero-order chi connectivity index (χ0) is 25.1. The molecule has 2 fully saturated rings. The number of nitrogens with zero attached hydrogens (tertiary/aromatic N) is 1. The molecule has 1 spiro atoms. The summed E-state index contributed by atoms with van der Waals surface area (Å²) in [6, 6.07) is 5.64. The highest BCUT2D eigenvalue weighted by molar-refractivity contribution is 6.09. The Hall–Kier alpha value is -3.43. The lowest BCUT2D eigenvalue weighted by molar-refractivity contribution is -0.150. The minimum Gasteiger partial charge on any atom is -0.462 e. The summed E-state index contributed by atoms with van der Waals surface area (Å²) < 4.78 is 9.94. The second-order valence-electron chi connectivity index (χ2n) is 9.73. The van der Waals surface area contributed by atoms with Gasteiger partial charge in [-0.3, -0.25) is 19.3 Å². The number of hydrogen-bond donors (Lipinski definition) is 2. The van der Waals surface area contributed by atoms with Crippen LogP contribution in [0.4, 0.5) is 10.5 Å². The molecule has 1 heterocycles. The van der Waals surface area contributed by atoms with E-state index in [1.807, 2.05) is 6.92 Å². The van der Waals surface area contributed by atoms with Crippen molar-refractivity contribution in [3.63, 3.8) is 0 Å². The molecule has 1 saturated carbocycles. The largest absolute Gasteiger partial charge is 0.462 e. The number of esters is 2. The highest BCUT2D eigenvalue weighted by Crippen LogP contribution is 2.46. The van der Waals surface area contributed by atoms with E-state index in [9.17, 15) is 24.0 Å². The van der Waals surface area contributed by atoms with Gasteiger partial charge in [0.1, 0.15) is 12.1 Å². The molecule has 10 heteroatoms. The summed E-state index contributed by atoms with van der Waals surface area (Å²) in [6.45, 7) is 6.76. The average Bonchev–Trinajstić information content (AvgIpc) is 2.94. The van der Waals surface area contributed by atoms with Gasteiger partial charge < -0.3 is 20.1 Å². The van der Waals surface area contributed by atoms with Crippen LogP contribution >= 0.6 is 0 Å². The molecule has 4 amide bonds. The topological polar surface area (TPSA) is 131 Å². The zero-order valence-electron chi connectivity index (χ0n) is 19.9. The van der Waals surface area contributed by atoms with Crippen LogP contribution in [0, 0.1) is 11.3 Å². The molecule has 1 aliphatic heterocycles. The van der Waals surface area contributed by atoms with Gasteiger partial charge >= 0.3 is 18.0 Å². The van der Waals surface area contributed by atoms with E-state index in [2.05, 4.69) is 24.5 Å². The van der Waals surface area contributed by atoms with Gasteiger partial charge in [0.15, 0.2) is 6.61 Å². The number of carbonyl (C=O) groups excluding carboxylic acids is 5. The van der Waals surface area contributed by atoms with Crippen LogP contribution in [-0.4, -0.2) is 60.0 Å². The Morgan fingerprint density at radius 1 is 1.15 bits per heavy atom. The van der Waals surface area contributed by atoms with Gasteiger partial charge in [0, 0.05) is 0 Å². The number of nitrogens with one attached hydrogen (secondary N) is 2. The number of rotatable bonds is 7. The Morgan fingerprint density at radius 3 is 2.53 bits per heavy atom. The molecular formula is C24H31N3O7. The predicted octanol–water partition coefficient (Wildman–Crippen LogP) is 2.48. The Balaban J connectivity index is 1.57. The second-order valence-corrected chi connectivity index (χ2v) is 9.73. The number of benzene rings is 1. The number of hydrogen-bond acceptors (Lipinski definition) is 7. The third-order valence-corrected chi connectivity index (χ3v) is 5.97. The van der Waals surface area contributed by atoms with Crippen LogP contribution < -0.4 is 10.6 Å². The molecular weight excluding hydrogens is 442 g/mol. The Kier molecular flexibility index (Phi) is 7.28. The summed E-state index contributed by atoms with van der Waals surface area (Å²) in [6.07, 6.45) is 1.94. The van der Waals surface area contributed by atoms with Gasteiger partial charge in [-0.05, 0) is 49.7 Å². The van der Waals surface area contributed by atoms with Crippen molar-refractivity contribution in [2.45, 2.75) is 52.5 Å². The molecule has 10 nitrogen and oxygen atoms in total. The Labute approximate surface area is 198 Å². The maximum absolute atomic E-state index is 13.1. The summed E-state index contributed by atoms with van der Waals surface area (Å²) in [5.74, 6) is -2.37. The molecule has 1 aromatic rings. The van der Waals surface area contributed by atoms with Crippen molar-refractivity contribution in [3.05, 3.63) is 29.8 Å². The van der Waals surface area contributed by atoms with Crippen molar-refractivity contribution >= 4 is 35.5 Å². The Bertz CT molecular complexity index is 1010. The predicted molar refractivity (Wildman–Crippen MR) is 122 cm³/mol. The summed E-state index contributed by atoms with van der Waals surface area (Å²) in [7, 11) is 0. The van der Waals surface area contributed by atoms with E-state index in [1.165, 1.54) is 12.1 Å². The first-order valence-electron chi connectivity index (χ1n) is 11.3. The number of ether oxygens (including phenoxy) is 2. The third-order valence-electron chi connectivity index (χ3n) is 5.97. The van der Waals surface area contributed by atoms with E-state index in [0.29, 0.717) is 12.8 Å². The van der Waals surface area contributed by atoms with E-state index in [4.69, 9.17) is 9.47 Å². The fraction of sp³-hybridized carbons (Fsp3) is 0.542. The average molecular weight is 474 g/mol. The van der Waals surface area contributed by atoms with Crippen LogP contribution in [0.5, 0.6) is 0 Å². The second kappa shape index (κ2) is 9.82. The first kappa shape index (κ1) is 25.2. The number of amides is 4. The number of para-hydroxylation sites is 1. The summed E-state index contributed by atoms with van der Waals surface area (Å²) in [5.41, 5.74) is -0.771. The van der Waals surface area contributed by atoms with Crippen LogP contribution in [0.1, 0.15) is 57.3 Å². The van der Waals surface area contributed by atoms with Gasteiger partial charge in [-0.15, -0.1) is 0 Å². The maximum atomic E-state index is 13.1. The molecule has 0 radical (unpaired) electrons. The van der Waals surface area contributed by atoms with E-state index in [-0.39, 0.29) is 29.2 Å². The fourth-order valence-electron chi connectivity index (χ4n) is 5.14. The molecule has 34 heavy (non-hydrogen) atoms. The number of carbonyl (C=O) groups is 5. The third kappa shape index (κ3) is 5.55. The molecule has 184 valence electrons. The van der Waals surface area contributed by atoms with Crippen molar-refractivity contribution in [1.29, 1.82) is 0 Å². The van der Waals surface area contributed by atoms with Crippen LogP contribution in [0.3, 0.4) is 0 Å². The molecule has 1 aromatic carbocycles. The lowest BCUT2D eigenvalue weighted by atomic mass is 9.64. The van der Waals surface area contributed by atoms with Gasteiger partial charge in [0.2, 0.25) is 0 Å². The van der Waals surface area contributed by atoms with E-state index >= 15 is 0 Å². The minimum absolute atomic E-state index is 0.130. The summed E-state index contributed by atoms with van der Waals surface area (Å²) in [4.78, 5) is 63.1. The summed E-state index contributed by atoms with van der Waals surface area (Å²) in [5, 5.41) is 5.29. The van der Waals surface area contributed by atoms with Crippen molar-refractivity contribution in [2.24, 2.45) is 11.3 Å². The van der Waals surface area contributed by atoms with Crippen LogP contribution in [0.15, 0.2) is 24.3 Å². The normalized spacial score (nSPS) is 23.4. The molecule has 3 rings (SSSR count). The van der Waals surface area contributed by atoms with Gasteiger partial charge in [0.25, 0.3) is 11.8 Å². The zero-order valence-corrected chi connectivity index (χ0v) is 19.9. The molecule has 2 unspecified atom stereocenters. The highest BCUT2D eigenvalue weighted by Gasteiger charge is 2.56. The maximum Gasteiger partial charge on any atom is 0.340 e. The lowest BCUT2D eigenvalue weighted by Gasteiger charge is -2.43. The van der Waals surface area contributed by atoms with Gasteiger partial charge in [-0.2, -0.15) is 0 Å². The first-order valence-corrected chi connectivity index (χ1v) is 11.3. The number of urea groups is 1. The van der Waals surface area contributed by atoms with Crippen LogP contribution in [0.25, 0.3) is 0 Å². The molecule has 2 N–H and O–H groups in total. The Morgan fingerprint density at radius 2 is 1.85 bits per heavy atom.